The van der Waals surface area contributed by atoms with Gasteiger partial charge in [-0.05, 0) is 42.2 Å². The van der Waals surface area contributed by atoms with E-state index in [1.807, 2.05) is 35.0 Å². The number of nitrogens with zero attached hydrogens (tertiary/aromatic N) is 3. The monoisotopic (exact) mass is 506 g/mol. The van der Waals surface area contributed by atoms with Crippen LogP contribution in [0.2, 0.25) is 10.0 Å². The Bertz CT molecular complexity index is 1230. The number of hydrogen-bond donors (Lipinski definition) is 1. The quantitative estimate of drug-likeness (QED) is 0.523. The fraction of sp³-hybridized carbons (Fsp3) is 0.304. The van der Waals surface area contributed by atoms with Crippen LogP contribution < -0.4 is 5.32 Å². The fourth-order valence-corrected chi connectivity index (χ4v) is 5.90. The highest BCUT2D eigenvalue weighted by Gasteiger charge is 2.32. The maximum absolute atomic E-state index is 13.0. The number of hydrogen-bond acceptors (Lipinski definition) is 4. The minimum atomic E-state index is -3.59. The zero-order chi connectivity index (χ0) is 23.4. The molecule has 0 spiro atoms. The zero-order valence-corrected chi connectivity index (χ0v) is 20.2. The Hall–Kier alpha value is -2.39. The molecule has 1 amide bonds. The minimum absolute atomic E-state index is 0.148. The van der Waals surface area contributed by atoms with Crippen LogP contribution in [0.15, 0.2) is 61.2 Å². The Morgan fingerprint density at radius 1 is 1.15 bits per heavy atom. The third-order valence-electron chi connectivity index (χ3n) is 5.71. The first-order chi connectivity index (χ1) is 15.8. The smallest absolute Gasteiger partial charge is 0.224 e. The number of sulfonamides is 1. The van der Waals surface area contributed by atoms with Crippen LogP contribution in [0.25, 0.3) is 5.69 Å². The lowest BCUT2D eigenvalue weighted by Crippen LogP contribution is -2.45. The van der Waals surface area contributed by atoms with Gasteiger partial charge in [0.05, 0.1) is 33.7 Å². The summed E-state index contributed by atoms with van der Waals surface area (Å²) in [4.78, 5) is 17.0. The van der Waals surface area contributed by atoms with E-state index < -0.39 is 15.9 Å². The molecule has 7 nitrogen and oxygen atoms in total. The van der Waals surface area contributed by atoms with Gasteiger partial charge in [-0.1, -0.05) is 47.5 Å². The van der Waals surface area contributed by atoms with Crippen molar-refractivity contribution < 1.29 is 13.2 Å². The molecule has 10 heteroatoms. The summed E-state index contributed by atoms with van der Waals surface area (Å²) >= 11 is 12.0. The van der Waals surface area contributed by atoms with Crippen molar-refractivity contribution in [2.75, 3.05) is 13.1 Å². The molecule has 2 aromatic carbocycles. The zero-order valence-electron chi connectivity index (χ0n) is 17.8. The van der Waals surface area contributed by atoms with E-state index in [1.54, 1.807) is 30.7 Å². The van der Waals surface area contributed by atoms with E-state index >= 15 is 0 Å². The second-order valence-electron chi connectivity index (χ2n) is 8.02. The van der Waals surface area contributed by atoms with Crippen molar-refractivity contribution in [2.45, 2.75) is 25.1 Å². The first-order valence-corrected chi connectivity index (χ1v) is 13.0. The fourth-order valence-electron chi connectivity index (χ4n) is 3.98. The van der Waals surface area contributed by atoms with Crippen molar-refractivity contribution in [1.82, 2.24) is 19.2 Å². The van der Waals surface area contributed by atoms with E-state index in [0.29, 0.717) is 41.5 Å². The number of nitrogens with one attached hydrogen (secondary N) is 1. The van der Waals surface area contributed by atoms with E-state index in [4.69, 9.17) is 23.2 Å². The van der Waals surface area contributed by atoms with E-state index in [9.17, 15) is 13.2 Å². The first-order valence-electron chi connectivity index (χ1n) is 10.6. The van der Waals surface area contributed by atoms with Gasteiger partial charge < -0.3 is 9.88 Å². The summed E-state index contributed by atoms with van der Waals surface area (Å²) in [6, 6.07) is 12.6. The predicted octanol–water partition coefficient (Wildman–Crippen LogP) is 4.04. The average Bonchev–Trinajstić information content (AvgIpc) is 3.35. The van der Waals surface area contributed by atoms with Crippen LogP contribution in [-0.2, 0) is 27.1 Å². The van der Waals surface area contributed by atoms with Gasteiger partial charge >= 0.3 is 0 Å². The number of piperidine rings is 1. The molecule has 1 fully saturated rings. The van der Waals surface area contributed by atoms with Gasteiger partial charge in [0.15, 0.2) is 0 Å². The summed E-state index contributed by atoms with van der Waals surface area (Å²) in [5, 5.41) is 3.67. The number of carbonyl (C=O) groups excluding carboxylic acids is 1. The van der Waals surface area contributed by atoms with Crippen LogP contribution in [0.5, 0.6) is 0 Å². The van der Waals surface area contributed by atoms with Crippen LogP contribution >= 0.6 is 23.2 Å². The first kappa shape index (κ1) is 23.8. The number of para-hydroxylation sites is 1. The summed E-state index contributed by atoms with van der Waals surface area (Å²) in [5.41, 5.74) is 2.45. The van der Waals surface area contributed by atoms with Crippen molar-refractivity contribution >= 4 is 39.1 Å². The third kappa shape index (κ3) is 5.76. The normalized spacial score (nSPS) is 17.1. The topological polar surface area (TPSA) is 84.3 Å². The van der Waals surface area contributed by atoms with Crippen molar-refractivity contribution in [3.63, 3.8) is 0 Å². The van der Waals surface area contributed by atoms with E-state index in [1.165, 1.54) is 4.31 Å². The molecule has 1 aliphatic rings. The molecule has 33 heavy (non-hydrogen) atoms. The molecule has 0 radical (unpaired) electrons. The molecule has 3 aromatic rings. The largest absolute Gasteiger partial charge is 0.352 e. The van der Waals surface area contributed by atoms with Gasteiger partial charge in [-0.15, -0.1) is 0 Å². The van der Waals surface area contributed by atoms with Crippen molar-refractivity contribution in [2.24, 2.45) is 5.92 Å². The van der Waals surface area contributed by atoms with Crippen LogP contribution in [-0.4, -0.2) is 41.3 Å². The molecular weight excluding hydrogens is 483 g/mol. The molecule has 0 bridgehead atoms. The van der Waals surface area contributed by atoms with Gasteiger partial charge in [-0.2, -0.15) is 0 Å². The average molecular weight is 507 g/mol. The summed E-state index contributed by atoms with van der Waals surface area (Å²) in [6.07, 6.45) is 6.53. The number of amides is 1. The maximum Gasteiger partial charge on any atom is 0.224 e. The van der Waals surface area contributed by atoms with Crippen LogP contribution in [0.3, 0.4) is 0 Å². The molecule has 174 valence electrons. The second-order valence-corrected chi connectivity index (χ2v) is 10.8. The predicted molar refractivity (Wildman–Crippen MR) is 129 cm³/mol. The van der Waals surface area contributed by atoms with Crippen LogP contribution in [0.4, 0.5) is 0 Å². The highest BCUT2D eigenvalue weighted by Crippen LogP contribution is 2.26. The molecule has 0 aliphatic carbocycles. The lowest BCUT2D eigenvalue weighted by molar-refractivity contribution is -0.126. The number of aromatic nitrogens is 2. The lowest BCUT2D eigenvalue weighted by atomic mass is 9.98. The van der Waals surface area contributed by atoms with Crippen LogP contribution in [0, 0.1) is 5.92 Å². The number of carbonyl (C=O) groups is 1. The summed E-state index contributed by atoms with van der Waals surface area (Å²) in [5.74, 6) is -0.733. The molecule has 1 aliphatic heterocycles. The van der Waals surface area contributed by atoms with Crippen LogP contribution in [0.1, 0.15) is 24.0 Å². The lowest BCUT2D eigenvalue weighted by Gasteiger charge is -2.31. The molecule has 1 N–H and O–H groups in total. The van der Waals surface area contributed by atoms with E-state index in [-0.39, 0.29) is 18.2 Å². The summed E-state index contributed by atoms with van der Waals surface area (Å²) < 4.78 is 29.3. The molecule has 1 saturated heterocycles. The Kier molecular flexibility index (Phi) is 7.38. The van der Waals surface area contributed by atoms with Crippen molar-refractivity contribution in [1.29, 1.82) is 0 Å². The highest BCUT2D eigenvalue weighted by atomic mass is 35.5. The molecule has 1 aromatic heterocycles. The highest BCUT2D eigenvalue weighted by molar-refractivity contribution is 7.88. The van der Waals surface area contributed by atoms with Gasteiger partial charge in [0.25, 0.3) is 0 Å². The Balaban J connectivity index is 1.39. The molecular formula is C23H24Cl2N4O3S. The Morgan fingerprint density at radius 3 is 2.73 bits per heavy atom. The van der Waals surface area contributed by atoms with Gasteiger partial charge in [-0.3, -0.25) is 4.79 Å². The van der Waals surface area contributed by atoms with Gasteiger partial charge in [-0.25, -0.2) is 17.7 Å². The SMILES string of the molecule is O=C(NCc1ccccc1-n1ccnc1)C1CCCN(S(=O)(=O)Cc2ccc(Cl)c(Cl)c2)C1. The summed E-state index contributed by atoms with van der Waals surface area (Å²) in [7, 11) is -3.59. The molecule has 2 heterocycles. The van der Waals surface area contributed by atoms with Gasteiger partial charge in [0.1, 0.15) is 0 Å². The Morgan fingerprint density at radius 2 is 1.97 bits per heavy atom. The van der Waals surface area contributed by atoms with Crippen molar-refractivity contribution in [3.8, 4) is 5.69 Å². The molecule has 4 rings (SSSR count). The third-order valence-corrected chi connectivity index (χ3v) is 8.26. The van der Waals surface area contributed by atoms with E-state index in [0.717, 1.165) is 11.3 Å². The second kappa shape index (κ2) is 10.3. The molecule has 0 saturated carbocycles. The van der Waals surface area contributed by atoms with E-state index in [2.05, 4.69) is 10.3 Å². The minimum Gasteiger partial charge on any atom is -0.352 e. The molecule has 1 unspecified atom stereocenters. The number of halogens is 2. The maximum atomic E-state index is 13.0. The Labute approximate surface area is 203 Å². The number of rotatable bonds is 7. The summed E-state index contributed by atoms with van der Waals surface area (Å²) in [6.45, 7) is 0.912. The molecule has 1 atom stereocenters. The number of imidazole rings is 1. The number of benzene rings is 2. The van der Waals surface area contributed by atoms with Gasteiger partial charge in [0.2, 0.25) is 15.9 Å². The standard InChI is InChI=1S/C23H24Cl2N4O3S/c24-20-8-7-17(12-21(20)25)15-33(31,32)29-10-3-5-19(14-29)23(30)27-13-18-4-1-2-6-22(18)28-11-9-26-16-28/h1-2,4,6-9,11-12,16,19H,3,5,10,13-15H2,(H,27,30). The van der Waals surface area contributed by atoms with Crippen molar-refractivity contribution in [3.05, 3.63) is 82.4 Å². The van der Waals surface area contributed by atoms with Gasteiger partial charge in [0, 0.05) is 32.0 Å².